The molecule has 0 radical (unpaired) electrons. The largest absolute Gasteiger partial charge is 0.379 e. The van der Waals surface area contributed by atoms with Crippen molar-refractivity contribution in [3.05, 3.63) is 0 Å². The van der Waals surface area contributed by atoms with E-state index in [-0.39, 0.29) is 17.6 Å². The first-order chi connectivity index (χ1) is 7.10. The topological polar surface area (TPSA) is 64.3 Å². The van der Waals surface area contributed by atoms with Crippen LogP contribution in [-0.4, -0.2) is 31.2 Å². The number of carbonyl (C=O) groups excluding carboxylic acids is 1. The molecule has 0 spiro atoms. The zero-order valence-corrected chi connectivity index (χ0v) is 11.4. The minimum absolute atomic E-state index is 0.150. The molecule has 0 aliphatic rings. The average Bonchev–Trinajstić information content (AvgIpc) is 2.14. The van der Waals surface area contributed by atoms with Crippen LogP contribution in [0, 0.1) is 5.41 Å². The third kappa shape index (κ3) is 5.47. The molecule has 96 valence electrons. The van der Waals surface area contributed by atoms with E-state index < -0.39 is 5.41 Å². The molecule has 0 saturated heterocycles. The monoisotopic (exact) mass is 230 g/mol. The fourth-order valence-corrected chi connectivity index (χ4v) is 1.41. The average molecular weight is 230 g/mol. The number of primary amides is 1. The number of methoxy groups -OCH3 is 1. The Labute approximate surface area is 98.9 Å². The predicted octanol–water partition coefficient (Wildman–Crippen LogP) is 1.29. The van der Waals surface area contributed by atoms with Crippen LogP contribution in [-0.2, 0) is 9.53 Å². The molecular weight excluding hydrogens is 204 g/mol. The number of nitrogens with one attached hydrogen (secondary N) is 1. The molecule has 0 saturated carbocycles. The Morgan fingerprint density at radius 3 is 2.25 bits per heavy atom. The highest BCUT2D eigenvalue weighted by molar-refractivity contribution is 5.80. The molecule has 0 aromatic carbocycles. The molecule has 0 heterocycles. The SMILES string of the molecule is COC(C)(C)CC(C)NCC(C)(C)C(N)=O. The van der Waals surface area contributed by atoms with E-state index in [1.165, 1.54) is 0 Å². The van der Waals surface area contributed by atoms with Crippen molar-refractivity contribution in [2.24, 2.45) is 11.1 Å². The van der Waals surface area contributed by atoms with Crippen LogP contribution in [0.2, 0.25) is 0 Å². The third-order valence-electron chi connectivity index (χ3n) is 2.91. The van der Waals surface area contributed by atoms with Gasteiger partial charge in [0.2, 0.25) is 5.91 Å². The fourth-order valence-electron chi connectivity index (χ4n) is 1.41. The number of ether oxygens (including phenoxy) is 1. The Balaban J connectivity index is 4.09. The molecule has 0 aliphatic carbocycles. The van der Waals surface area contributed by atoms with Crippen molar-refractivity contribution in [3.8, 4) is 0 Å². The van der Waals surface area contributed by atoms with Crippen molar-refractivity contribution in [3.63, 3.8) is 0 Å². The molecule has 1 amide bonds. The first kappa shape index (κ1) is 15.4. The van der Waals surface area contributed by atoms with E-state index in [9.17, 15) is 4.79 Å². The van der Waals surface area contributed by atoms with E-state index in [0.717, 1.165) is 6.42 Å². The van der Waals surface area contributed by atoms with Crippen molar-refractivity contribution < 1.29 is 9.53 Å². The lowest BCUT2D eigenvalue weighted by Gasteiger charge is -2.29. The molecule has 1 atom stereocenters. The second-order valence-electron chi connectivity index (χ2n) is 5.70. The van der Waals surface area contributed by atoms with Crippen molar-refractivity contribution in [1.29, 1.82) is 0 Å². The zero-order chi connectivity index (χ0) is 13.0. The second kappa shape index (κ2) is 5.64. The summed E-state index contributed by atoms with van der Waals surface area (Å²) in [7, 11) is 1.71. The van der Waals surface area contributed by atoms with E-state index in [0.29, 0.717) is 6.54 Å². The minimum atomic E-state index is -0.508. The van der Waals surface area contributed by atoms with Gasteiger partial charge in [-0.2, -0.15) is 0 Å². The summed E-state index contributed by atoms with van der Waals surface area (Å²) in [5.74, 6) is -0.279. The van der Waals surface area contributed by atoms with Gasteiger partial charge < -0.3 is 15.8 Å². The molecule has 1 unspecified atom stereocenters. The van der Waals surface area contributed by atoms with Crippen LogP contribution in [0.5, 0.6) is 0 Å². The smallest absolute Gasteiger partial charge is 0.224 e. The Hall–Kier alpha value is -0.610. The van der Waals surface area contributed by atoms with Gasteiger partial charge in [0.15, 0.2) is 0 Å². The third-order valence-corrected chi connectivity index (χ3v) is 2.91. The highest BCUT2D eigenvalue weighted by Crippen LogP contribution is 2.17. The first-order valence-corrected chi connectivity index (χ1v) is 5.69. The number of rotatable bonds is 7. The molecule has 0 aliphatic heterocycles. The molecule has 0 fully saturated rings. The first-order valence-electron chi connectivity index (χ1n) is 5.69. The maximum atomic E-state index is 11.1. The molecule has 4 nitrogen and oxygen atoms in total. The lowest BCUT2D eigenvalue weighted by molar-refractivity contribution is -0.125. The Kier molecular flexibility index (Phi) is 5.42. The fraction of sp³-hybridized carbons (Fsp3) is 0.917. The highest BCUT2D eigenvalue weighted by Gasteiger charge is 2.26. The van der Waals surface area contributed by atoms with Crippen LogP contribution in [0.25, 0.3) is 0 Å². The van der Waals surface area contributed by atoms with Gasteiger partial charge in [-0.1, -0.05) is 0 Å². The Morgan fingerprint density at radius 1 is 1.38 bits per heavy atom. The van der Waals surface area contributed by atoms with Crippen LogP contribution in [0.4, 0.5) is 0 Å². The summed E-state index contributed by atoms with van der Waals surface area (Å²) in [4.78, 5) is 11.1. The number of hydrogen-bond acceptors (Lipinski definition) is 3. The lowest BCUT2D eigenvalue weighted by Crippen LogP contribution is -2.45. The zero-order valence-electron chi connectivity index (χ0n) is 11.4. The van der Waals surface area contributed by atoms with Gasteiger partial charge in [-0.15, -0.1) is 0 Å². The van der Waals surface area contributed by atoms with Crippen molar-refractivity contribution in [1.82, 2.24) is 5.32 Å². The van der Waals surface area contributed by atoms with Gasteiger partial charge in [-0.3, -0.25) is 4.79 Å². The van der Waals surface area contributed by atoms with E-state index in [1.807, 2.05) is 27.7 Å². The maximum absolute atomic E-state index is 11.1. The molecule has 16 heavy (non-hydrogen) atoms. The van der Waals surface area contributed by atoms with Crippen LogP contribution in [0.1, 0.15) is 41.0 Å². The number of carbonyl (C=O) groups is 1. The van der Waals surface area contributed by atoms with Crippen molar-refractivity contribution >= 4 is 5.91 Å². The lowest BCUT2D eigenvalue weighted by atomic mass is 9.91. The van der Waals surface area contributed by atoms with E-state index >= 15 is 0 Å². The van der Waals surface area contributed by atoms with E-state index in [2.05, 4.69) is 12.2 Å². The van der Waals surface area contributed by atoms with Crippen LogP contribution in [0.3, 0.4) is 0 Å². The minimum Gasteiger partial charge on any atom is -0.379 e. The van der Waals surface area contributed by atoms with Gasteiger partial charge in [0, 0.05) is 19.7 Å². The van der Waals surface area contributed by atoms with E-state index in [1.54, 1.807) is 7.11 Å². The van der Waals surface area contributed by atoms with Crippen LogP contribution in [0.15, 0.2) is 0 Å². The number of hydrogen-bond donors (Lipinski definition) is 2. The number of nitrogens with two attached hydrogens (primary N) is 1. The molecule has 0 aromatic heterocycles. The summed E-state index contributed by atoms with van der Waals surface area (Å²) in [6.07, 6.45) is 0.887. The molecule has 0 aromatic rings. The van der Waals surface area contributed by atoms with Gasteiger partial charge in [0.25, 0.3) is 0 Å². The van der Waals surface area contributed by atoms with Gasteiger partial charge in [0.05, 0.1) is 11.0 Å². The standard InChI is InChI=1S/C12H26N2O2/c1-9(7-12(4,5)16-6)14-8-11(2,3)10(13)15/h9,14H,7-8H2,1-6H3,(H2,13,15). The number of amides is 1. The molecule has 0 bridgehead atoms. The van der Waals surface area contributed by atoms with Crippen molar-refractivity contribution in [2.45, 2.75) is 52.7 Å². The van der Waals surface area contributed by atoms with Gasteiger partial charge in [0.1, 0.15) is 0 Å². The Morgan fingerprint density at radius 2 is 1.88 bits per heavy atom. The Bertz CT molecular complexity index is 237. The van der Waals surface area contributed by atoms with Crippen LogP contribution >= 0.6 is 0 Å². The summed E-state index contributed by atoms with van der Waals surface area (Å²) in [6, 6.07) is 0.286. The quantitative estimate of drug-likeness (QED) is 0.692. The molecule has 4 heteroatoms. The molecular formula is C12H26N2O2. The normalized spacial score (nSPS) is 14.9. The highest BCUT2D eigenvalue weighted by atomic mass is 16.5. The second-order valence-corrected chi connectivity index (χ2v) is 5.70. The summed E-state index contributed by atoms with van der Waals surface area (Å²) < 4.78 is 5.36. The summed E-state index contributed by atoms with van der Waals surface area (Å²) >= 11 is 0. The summed E-state index contributed by atoms with van der Waals surface area (Å²) in [5, 5.41) is 3.31. The van der Waals surface area contributed by atoms with Gasteiger partial charge >= 0.3 is 0 Å². The molecule has 3 N–H and O–H groups in total. The van der Waals surface area contributed by atoms with Crippen molar-refractivity contribution in [2.75, 3.05) is 13.7 Å². The van der Waals surface area contributed by atoms with Gasteiger partial charge in [-0.05, 0) is 41.0 Å². The molecule has 0 rings (SSSR count). The summed E-state index contributed by atoms with van der Waals surface area (Å²) in [5.41, 5.74) is 4.65. The van der Waals surface area contributed by atoms with Crippen LogP contribution < -0.4 is 11.1 Å². The maximum Gasteiger partial charge on any atom is 0.224 e. The summed E-state index contributed by atoms with van der Waals surface area (Å²) in [6.45, 7) is 10.4. The van der Waals surface area contributed by atoms with E-state index in [4.69, 9.17) is 10.5 Å². The van der Waals surface area contributed by atoms with Gasteiger partial charge in [-0.25, -0.2) is 0 Å². The predicted molar refractivity (Wildman–Crippen MR) is 66.1 cm³/mol.